The van der Waals surface area contributed by atoms with E-state index >= 15 is 0 Å². The molecule has 1 fully saturated rings. The van der Waals surface area contributed by atoms with Crippen molar-refractivity contribution in [1.29, 1.82) is 0 Å². The van der Waals surface area contributed by atoms with Crippen molar-refractivity contribution in [3.63, 3.8) is 0 Å². The molecule has 0 radical (unpaired) electrons. The third kappa shape index (κ3) is 5.52. The largest absolute Gasteiger partial charge is 0.493 e. The van der Waals surface area contributed by atoms with Crippen LogP contribution in [0.4, 0.5) is 23.7 Å². The molecular formula is C15H19F3N2O4S. The summed E-state index contributed by atoms with van der Waals surface area (Å²) >= 11 is 0. The zero-order valence-corrected chi connectivity index (χ0v) is 14.3. The van der Waals surface area contributed by atoms with Gasteiger partial charge in [-0.25, -0.2) is 13.2 Å². The number of amides is 2. The fraction of sp³-hybridized carbons (Fsp3) is 0.533. The van der Waals surface area contributed by atoms with Crippen molar-refractivity contribution < 1.29 is 31.1 Å². The molecule has 1 aromatic rings. The first-order chi connectivity index (χ1) is 11.6. The van der Waals surface area contributed by atoms with Gasteiger partial charge in [0.25, 0.3) is 0 Å². The van der Waals surface area contributed by atoms with Crippen LogP contribution >= 0.6 is 0 Å². The van der Waals surface area contributed by atoms with Crippen LogP contribution in [0.25, 0.3) is 0 Å². The van der Waals surface area contributed by atoms with Gasteiger partial charge in [-0.1, -0.05) is 0 Å². The summed E-state index contributed by atoms with van der Waals surface area (Å²) in [6.07, 6.45) is -4.15. The predicted molar refractivity (Wildman–Crippen MR) is 86.4 cm³/mol. The summed E-state index contributed by atoms with van der Waals surface area (Å²) in [7, 11) is -3.05. The summed E-state index contributed by atoms with van der Waals surface area (Å²) in [5.41, 5.74) is -1.01. The fourth-order valence-corrected chi connectivity index (χ4v) is 4.42. The third-order valence-electron chi connectivity index (χ3n) is 3.72. The zero-order valence-electron chi connectivity index (χ0n) is 13.5. The van der Waals surface area contributed by atoms with Crippen molar-refractivity contribution in [3.05, 3.63) is 23.8 Å². The Bertz CT molecular complexity index is 735. The number of nitrogens with one attached hydrogen (secondary N) is 2. The van der Waals surface area contributed by atoms with E-state index in [1.54, 1.807) is 6.92 Å². The average Bonchev–Trinajstić information content (AvgIpc) is 2.85. The second kappa shape index (κ2) is 7.51. The summed E-state index contributed by atoms with van der Waals surface area (Å²) in [5, 5.41) is 4.80. The van der Waals surface area contributed by atoms with Gasteiger partial charge in [0.15, 0.2) is 9.84 Å². The number of anilines is 1. The third-order valence-corrected chi connectivity index (χ3v) is 5.56. The maximum Gasteiger partial charge on any atom is 0.420 e. The van der Waals surface area contributed by atoms with Crippen LogP contribution in [-0.2, 0) is 16.0 Å². The first kappa shape index (κ1) is 19.4. The Labute approximate surface area is 143 Å². The van der Waals surface area contributed by atoms with Crippen molar-refractivity contribution in [2.75, 3.05) is 30.0 Å². The number of hydrogen-bond donors (Lipinski definition) is 2. The van der Waals surface area contributed by atoms with Crippen LogP contribution in [0.5, 0.6) is 5.75 Å². The van der Waals surface area contributed by atoms with Crippen LogP contribution in [0.15, 0.2) is 18.2 Å². The van der Waals surface area contributed by atoms with Crippen molar-refractivity contribution in [3.8, 4) is 5.75 Å². The van der Waals surface area contributed by atoms with E-state index in [-0.39, 0.29) is 42.0 Å². The van der Waals surface area contributed by atoms with Crippen molar-refractivity contribution in [2.45, 2.75) is 19.5 Å². The van der Waals surface area contributed by atoms with Crippen LogP contribution in [-0.4, -0.2) is 39.1 Å². The molecule has 1 aliphatic rings. The lowest BCUT2D eigenvalue weighted by atomic mass is 10.1. The minimum atomic E-state index is -4.61. The fourth-order valence-electron chi connectivity index (χ4n) is 2.56. The first-order valence-electron chi connectivity index (χ1n) is 7.70. The number of benzene rings is 1. The minimum Gasteiger partial charge on any atom is -0.493 e. The van der Waals surface area contributed by atoms with Gasteiger partial charge in [0, 0.05) is 12.2 Å². The molecule has 2 rings (SSSR count). The molecule has 0 bridgehead atoms. The summed E-state index contributed by atoms with van der Waals surface area (Å²) in [5.74, 6) is -0.387. The Morgan fingerprint density at radius 3 is 2.64 bits per heavy atom. The van der Waals surface area contributed by atoms with Crippen LogP contribution in [0, 0.1) is 5.92 Å². The highest BCUT2D eigenvalue weighted by atomic mass is 32.2. The molecular weight excluding hydrogens is 361 g/mol. The van der Waals surface area contributed by atoms with E-state index in [0.717, 1.165) is 12.1 Å². The van der Waals surface area contributed by atoms with Crippen molar-refractivity contribution in [1.82, 2.24) is 5.32 Å². The second-order valence-corrected chi connectivity index (χ2v) is 7.97. The molecule has 1 aromatic carbocycles. The quantitative estimate of drug-likeness (QED) is 0.823. The van der Waals surface area contributed by atoms with Gasteiger partial charge < -0.3 is 15.4 Å². The van der Waals surface area contributed by atoms with E-state index in [9.17, 15) is 26.4 Å². The van der Waals surface area contributed by atoms with E-state index in [1.807, 2.05) is 0 Å². The molecule has 140 valence electrons. The number of rotatable bonds is 5. The molecule has 10 heteroatoms. The van der Waals surface area contributed by atoms with Crippen LogP contribution in [0.1, 0.15) is 18.9 Å². The molecule has 2 amide bonds. The van der Waals surface area contributed by atoms with E-state index in [1.165, 1.54) is 6.07 Å². The second-order valence-electron chi connectivity index (χ2n) is 5.75. The Morgan fingerprint density at radius 1 is 1.36 bits per heavy atom. The van der Waals surface area contributed by atoms with Crippen LogP contribution < -0.4 is 15.4 Å². The molecule has 0 unspecified atom stereocenters. The lowest BCUT2D eigenvalue weighted by Crippen LogP contribution is -2.33. The number of hydrogen-bond acceptors (Lipinski definition) is 4. The maximum absolute atomic E-state index is 13.0. The Balaban J connectivity index is 1.98. The number of halogens is 3. The van der Waals surface area contributed by atoms with Gasteiger partial charge >= 0.3 is 12.2 Å². The summed E-state index contributed by atoms with van der Waals surface area (Å²) in [6.45, 7) is 1.80. The van der Waals surface area contributed by atoms with Gasteiger partial charge in [-0.2, -0.15) is 13.2 Å². The van der Waals surface area contributed by atoms with E-state index in [4.69, 9.17) is 4.74 Å². The molecule has 1 heterocycles. The van der Waals surface area contributed by atoms with Crippen LogP contribution in [0.2, 0.25) is 0 Å². The van der Waals surface area contributed by atoms with Crippen molar-refractivity contribution >= 4 is 21.6 Å². The Morgan fingerprint density at radius 2 is 2.08 bits per heavy atom. The first-order valence-corrected chi connectivity index (χ1v) is 9.52. The highest BCUT2D eigenvalue weighted by Gasteiger charge is 2.35. The lowest BCUT2D eigenvalue weighted by Gasteiger charge is -2.15. The SMILES string of the molecule is CCOc1ccc(NC(=O)NC[C@H]2CCS(=O)(=O)C2)cc1C(F)(F)F. The molecule has 1 saturated heterocycles. The topological polar surface area (TPSA) is 84.5 Å². The number of urea groups is 1. The molecule has 6 nitrogen and oxygen atoms in total. The molecule has 0 aliphatic carbocycles. The van der Waals surface area contributed by atoms with Gasteiger partial charge in [0.05, 0.1) is 23.7 Å². The van der Waals surface area contributed by atoms with Gasteiger partial charge in [-0.3, -0.25) is 0 Å². The van der Waals surface area contributed by atoms with E-state index in [0.29, 0.717) is 6.42 Å². The van der Waals surface area contributed by atoms with Gasteiger partial charge in [-0.05, 0) is 37.5 Å². The highest BCUT2D eigenvalue weighted by molar-refractivity contribution is 7.91. The van der Waals surface area contributed by atoms with Crippen LogP contribution in [0.3, 0.4) is 0 Å². The molecule has 0 spiro atoms. The Kier molecular flexibility index (Phi) is 5.81. The molecule has 25 heavy (non-hydrogen) atoms. The average molecular weight is 380 g/mol. The highest BCUT2D eigenvalue weighted by Crippen LogP contribution is 2.37. The van der Waals surface area contributed by atoms with Crippen molar-refractivity contribution in [2.24, 2.45) is 5.92 Å². The predicted octanol–water partition coefficient (Wildman–Crippen LogP) is 2.66. The smallest absolute Gasteiger partial charge is 0.420 e. The number of sulfone groups is 1. The van der Waals surface area contributed by atoms with Gasteiger partial charge in [-0.15, -0.1) is 0 Å². The molecule has 2 N–H and O–H groups in total. The van der Waals surface area contributed by atoms with E-state index < -0.39 is 27.6 Å². The summed E-state index contributed by atoms with van der Waals surface area (Å²) in [6, 6.07) is 2.55. The number of alkyl halides is 3. The standard InChI is InChI=1S/C15H19F3N2O4S/c1-2-24-13-4-3-11(7-12(13)15(16,17)18)20-14(21)19-8-10-5-6-25(22,23)9-10/h3-4,7,10H,2,5-6,8-9H2,1H3,(H2,19,20,21)/t10-/m1/s1. The maximum atomic E-state index is 13.0. The number of carbonyl (C=O) groups is 1. The number of carbonyl (C=O) groups excluding carboxylic acids is 1. The number of ether oxygens (including phenoxy) is 1. The molecule has 1 aliphatic heterocycles. The van der Waals surface area contributed by atoms with Gasteiger partial charge in [0.1, 0.15) is 5.75 Å². The normalized spacial score (nSPS) is 19.4. The summed E-state index contributed by atoms with van der Waals surface area (Å²) < 4.78 is 66.8. The lowest BCUT2D eigenvalue weighted by molar-refractivity contribution is -0.138. The monoisotopic (exact) mass is 380 g/mol. The summed E-state index contributed by atoms with van der Waals surface area (Å²) in [4.78, 5) is 11.8. The van der Waals surface area contributed by atoms with Gasteiger partial charge in [0.2, 0.25) is 0 Å². The molecule has 1 atom stereocenters. The molecule has 0 aromatic heterocycles. The zero-order chi connectivity index (χ0) is 18.7. The Hall–Kier alpha value is -1.97. The molecule has 0 saturated carbocycles. The minimum absolute atomic E-state index is 0.00849. The van der Waals surface area contributed by atoms with E-state index in [2.05, 4.69) is 10.6 Å².